The molecule has 8 heteroatoms. The first kappa shape index (κ1) is 21.5. The summed E-state index contributed by atoms with van der Waals surface area (Å²) in [5, 5.41) is 5.60. The molecule has 0 bridgehead atoms. The minimum Gasteiger partial charge on any atom is -0.497 e. The SMILES string of the molecule is COc1ccc2c(c1)OCCNC(=O)CN(C(=O)CC(C)C)CCCNC2=O. The molecular formula is C20H29N3O5. The summed E-state index contributed by atoms with van der Waals surface area (Å²) in [5.74, 6) is 0.655. The Bertz CT molecular complexity index is 705. The summed E-state index contributed by atoms with van der Waals surface area (Å²) < 4.78 is 10.9. The highest BCUT2D eigenvalue weighted by atomic mass is 16.5. The van der Waals surface area contributed by atoms with Gasteiger partial charge in [0.15, 0.2) is 0 Å². The van der Waals surface area contributed by atoms with Crippen LogP contribution in [0.4, 0.5) is 0 Å². The second kappa shape index (κ2) is 10.5. The zero-order valence-electron chi connectivity index (χ0n) is 16.7. The average Bonchev–Trinajstić information content (AvgIpc) is 2.66. The van der Waals surface area contributed by atoms with Crippen molar-refractivity contribution in [2.24, 2.45) is 5.92 Å². The Morgan fingerprint density at radius 3 is 2.75 bits per heavy atom. The lowest BCUT2D eigenvalue weighted by Gasteiger charge is -2.24. The predicted molar refractivity (Wildman–Crippen MR) is 104 cm³/mol. The summed E-state index contributed by atoms with van der Waals surface area (Å²) in [5.41, 5.74) is 0.400. The predicted octanol–water partition coefficient (Wildman–Crippen LogP) is 1.20. The average molecular weight is 391 g/mol. The highest BCUT2D eigenvalue weighted by molar-refractivity contribution is 5.97. The summed E-state index contributed by atoms with van der Waals surface area (Å²) in [6, 6.07) is 4.99. The number of methoxy groups -OCH3 is 1. The molecular weight excluding hydrogens is 362 g/mol. The van der Waals surface area contributed by atoms with Gasteiger partial charge in [0.1, 0.15) is 18.1 Å². The molecule has 0 atom stereocenters. The Balaban J connectivity index is 2.11. The molecule has 0 aromatic heterocycles. The molecule has 0 radical (unpaired) electrons. The second-order valence-corrected chi connectivity index (χ2v) is 7.08. The summed E-state index contributed by atoms with van der Waals surface area (Å²) >= 11 is 0. The fourth-order valence-electron chi connectivity index (χ4n) is 2.85. The number of nitrogens with one attached hydrogen (secondary N) is 2. The van der Waals surface area contributed by atoms with Crippen LogP contribution in [0.15, 0.2) is 18.2 Å². The third-order valence-electron chi connectivity index (χ3n) is 4.28. The summed E-state index contributed by atoms with van der Waals surface area (Å²) in [7, 11) is 1.54. The lowest BCUT2D eigenvalue weighted by molar-refractivity contribution is -0.136. The molecule has 3 amide bonds. The van der Waals surface area contributed by atoms with E-state index in [4.69, 9.17) is 9.47 Å². The number of amides is 3. The Kier molecular flexibility index (Phi) is 8.10. The van der Waals surface area contributed by atoms with E-state index in [-0.39, 0.29) is 43.3 Å². The fourth-order valence-corrected chi connectivity index (χ4v) is 2.85. The standard InChI is InChI=1S/C20H29N3O5/c1-14(2)11-19(25)23-9-4-7-22-20(26)16-6-5-15(27-3)12-17(16)28-10-8-21-18(24)13-23/h5-6,12,14H,4,7-11,13H2,1-3H3,(H,21,24)(H,22,26). The van der Waals surface area contributed by atoms with Crippen molar-refractivity contribution in [1.82, 2.24) is 15.5 Å². The molecule has 8 nitrogen and oxygen atoms in total. The number of carbonyl (C=O) groups excluding carboxylic acids is 3. The summed E-state index contributed by atoms with van der Waals surface area (Å²) in [4.78, 5) is 38.7. The number of hydrogen-bond donors (Lipinski definition) is 2. The van der Waals surface area contributed by atoms with E-state index in [1.165, 1.54) is 7.11 Å². The van der Waals surface area contributed by atoms with Crippen molar-refractivity contribution in [3.63, 3.8) is 0 Å². The van der Waals surface area contributed by atoms with Gasteiger partial charge < -0.3 is 25.0 Å². The number of fused-ring (bicyclic) bond motifs is 1. The molecule has 1 aliphatic rings. The van der Waals surface area contributed by atoms with Gasteiger partial charge in [-0.3, -0.25) is 14.4 Å². The Morgan fingerprint density at radius 1 is 1.25 bits per heavy atom. The van der Waals surface area contributed by atoms with Crippen LogP contribution >= 0.6 is 0 Å². The van der Waals surface area contributed by atoms with Gasteiger partial charge in [0.25, 0.3) is 5.91 Å². The van der Waals surface area contributed by atoms with Crippen molar-refractivity contribution < 1.29 is 23.9 Å². The van der Waals surface area contributed by atoms with E-state index >= 15 is 0 Å². The molecule has 28 heavy (non-hydrogen) atoms. The number of ether oxygens (including phenoxy) is 2. The van der Waals surface area contributed by atoms with Gasteiger partial charge in [0.05, 0.1) is 25.8 Å². The van der Waals surface area contributed by atoms with Gasteiger partial charge >= 0.3 is 0 Å². The smallest absolute Gasteiger partial charge is 0.255 e. The van der Waals surface area contributed by atoms with E-state index in [1.807, 2.05) is 13.8 Å². The van der Waals surface area contributed by atoms with Crippen LogP contribution in [-0.2, 0) is 9.59 Å². The lowest BCUT2D eigenvalue weighted by Crippen LogP contribution is -2.43. The van der Waals surface area contributed by atoms with Crippen LogP contribution in [-0.4, -0.2) is 62.5 Å². The Hall–Kier alpha value is -2.77. The fraction of sp³-hybridized carbons (Fsp3) is 0.550. The maximum Gasteiger partial charge on any atom is 0.255 e. The van der Waals surface area contributed by atoms with Crippen LogP contribution in [0.1, 0.15) is 37.0 Å². The number of nitrogens with zero attached hydrogens (tertiary/aromatic N) is 1. The third kappa shape index (κ3) is 6.44. The molecule has 0 aliphatic carbocycles. The number of rotatable bonds is 3. The second-order valence-electron chi connectivity index (χ2n) is 7.08. The van der Waals surface area contributed by atoms with Crippen molar-refractivity contribution in [2.45, 2.75) is 26.7 Å². The highest BCUT2D eigenvalue weighted by Gasteiger charge is 2.19. The quantitative estimate of drug-likeness (QED) is 0.807. The first-order valence-electron chi connectivity index (χ1n) is 9.54. The van der Waals surface area contributed by atoms with E-state index < -0.39 is 0 Å². The maximum absolute atomic E-state index is 12.5. The summed E-state index contributed by atoms with van der Waals surface area (Å²) in [6.07, 6.45) is 0.938. The normalized spacial score (nSPS) is 16.4. The van der Waals surface area contributed by atoms with Crippen molar-refractivity contribution >= 4 is 17.7 Å². The van der Waals surface area contributed by atoms with Gasteiger partial charge in [-0.2, -0.15) is 0 Å². The van der Waals surface area contributed by atoms with E-state index in [0.29, 0.717) is 43.0 Å². The minimum absolute atomic E-state index is 0.00388. The van der Waals surface area contributed by atoms with Crippen LogP contribution in [0.2, 0.25) is 0 Å². The maximum atomic E-state index is 12.5. The van der Waals surface area contributed by atoms with Crippen molar-refractivity contribution in [3.05, 3.63) is 23.8 Å². The molecule has 154 valence electrons. The zero-order valence-corrected chi connectivity index (χ0v) is 16.7. The Labute approximate surface area is 165 Å². The third-order valence-corrected chi connectivity index (χ3v) is 4.28. The Morgan fingerprint density at radius 2 is 2.04 bits per heavy atom. The molecule has 1 aliphatic heterocycles. The van der Waals surface area contributed by atoms with E-state index in [2.05, 4.69) is 10.6 Å². The van der Waals surface area contributed by atoms with Gasteiger partial charge in [-0.25, -0.2) is 0 Å². The van der Waals surface area contributed by atoms with Gasteiger partial charge in [0, 0.05) is 25.6 Å². The summed E-state index contributed by atoms with van der Waals surface area (Å²) in [6.45, 7) is 5.19. The first-order chi connectivity index (χ1) is 13.4. The van der Waals surface area contributed by atoms with E-state index in [0.717, 1.165) is 0 Å². The minimum atomic E-state index is -0.251. The topological polar surface area (TPSA) is 97.0 Å². The molecule has 1 aromatic carbocycles. The first-order valence-corrected chi connectivity index (χ1v) is 9.54. The molecule has 2 rings (SSSR count). The van der Waals surface area contributed by atoms with Gasteiger partial charge in [-0.15, -0.1) is 0 Å². The van der Waals surface area contributed by atoms with Crippen molar-refractivity contribution in [1.29, 1.82) is 0 Å². The van der Waals surface area contributed by atoms with Gasteiger partial charge in [-0.05, 0) is 24.5 Å². The molecule has 0 saturated carbocycles. The monoisotopic (exact) mass is 391 g/mol. The molecule has 1 heterocycles. The number of hydrogen-bond acceptors (Lipinski definition) is 5. The molecule has 0 fully saturated rings. The van der Waals surface area contributed by atoms with Crippen molar-refractivity contribution in [2.75, 3.05) is 39.9 Å². The number of carbonyl (C=O) groups is 3. The van der Waals surface area contributed by atoms with Gasteiger partial charge in [-0.1, -0.05) is 13.8 Å². The molecule has 0 unspecified atom stereocenters. The van der Waals surface area contributed by atoms with E-state index in [9.17, 15) is 14.4 Å². The van der Waals surface area contributed by atoms with Crippen molar-refractivity contribution in [3.8, 4) is 11.5 Å². The van der Waals surface area contributed by atoms with Crippen LogP contribution in [0, 0.1) is 5.92 Å². The van der Waals surface area contributed by atoms with Crippen LogP contribution in [0.25, 0.3) is 0 Å². The molecule has 0 saturated heterocycles. The van der Waals surface area contributed by atoms with Crippen LogP contribution < -0.4 is 20.1 Å². The molecule has 1 aromatic rings. The highest BCUT2D eigenvalue weighted by Crippen LogP contribution is 2.25. The molecule has 2 N–H and O–H groups in total. The largest absolute Gasteiger partial charge is 0.497 e. The van der Waals surface area contributed by atoms with Crippen LogP contribution in [0.3, 0.4) is 0 Å². The molecule has 0 spiro atoms. The zero-order chi connectivity index (χ0) is 20.5. The number of benzene rings is 1. The van der Waals surface area contributed by atoms with Crippen LogP contribution in [0.5, 0.6) is 11.5 Å². The van der Waals surface area contributed by atoms with E-state index in [1.54, 1.807) is 23.1 Å². The van der Waals surface area contributed by atoms with Gasteiger partial charge in [0.2, 0.25) is 11.8 Å². The lowest BCUT2D eigenvalue weighted by atomic mass is 10.1.